The smallest absolute Gasteiger partial charge is 0.251 e. The first-order chi connectivity index (χ1) is 6.26. The summed E-state index contributed by atoms with van der Waals surface area (Å²) >= 11 is 0. The maximum absolute atomic E-state index is 11.1. The van der Waals surface area contributed by atoms with Crippen LogP contribution in [-0.4, -0.2) is 17.0 Å². The zero-order valence-corrected chi connectivity index (χ0v) is 8.05. The van der Waals surface area contributed by atoms with Crippen LogP contribution in [0.4, 0.5) is 0 Å². The lowest BCUT2D eigenvalue weighted by Crippen LogP contribution is -2.17. The van der Waals surface area contributed by atoms with Crippen molar-refractivity contribution in [2.45, 2.75) is 26.3 Å². The number of aromatic amines is 1. The number of nitrogens with one attached hydrogen (secondary N) is 2. The summed E-state index contributed by atoms with van der Waals surface area (Å²) in [6.07, 6.45) is 1.87. The Labute approximate surface area is 77.4 Å². The van der Waals surface area contributed by atoms with Crippen molar-refractivity contribution in [2.24, 2.45) is 0 Å². The van der Waals surface area contributed by atoms with Gasteiger partial charge in [0.2, 0.25) is 0 Å². The molecule has 0 aromatic carbocycles. The summed E-state index contributed by atoms with van der Waals surface area (Å²) in [6.45, 7) is 2.67. The van der Waals surface area contributed by atoms with Crippen molar-refractivity contribution in [3.63, 3.8) is 0 Å². The van der Waals surface area contributed by atoms with E-state index < -0.39 is 0 Å². The lowest BCUT2D eigenvalue weighted by Gasteiger charge is -2.01. The Balaban J connectivity index is 2.90. The minimum absolute atomic E-state index is 0.0660. The lowest BCUT2D eigenvalue weighted by molar-refractivity contribution is 0.733. The molecule has 0 saturated heterocycles. The van der Waals surface area contributed by atoms with Crippen LogP contribution in [0.25, 0.3) is 0 Å². The fourth-order valence-electron chi connectivity index (χ4n) is 1.20. The summed E-state index contributed by atoms with van der Waals surface area (Å²) < 4.78 is 0. The van der Waals surface area contributed by atoms with E-state index in [1.165, 1.54) is 0 Å². The molecule has 13 heavy (non-hydrogen) atoms. The van der Waals surface area contributed by atoms with Crippen LogP contribution in [0.5, 0.6) is 0 Å². The van der Waals surface area contributed by atoms with E-state index in [4.69, 9.17) is 0 Å². The number of aromatic nitrogens is 2. The summed E-state index contributed by atoms with van der Waals surface area (Å²) in [4.78, 5) is 18.1. The van der Waals surface area contributed by atoms with Crippen molar-refractivity contribution >= 4 is 0 Å². The maximum Gasteiger partial charge on any atom is 0.251 e. The highest BCUT2D eigenvalue weighted by molar-refractivity contribution is 5.02. The Kier molecular flexibility index (Phi) is 3.64. The van der Waals surface area contributed by atoms with E-state index in [0.717, 1.165) is 18.5 Å². The summed E-state index contributed by atoms with van der Waals surface area (Å²) in [7, 11) is 1.83. The topological polar surface area (TPSA) is 57.8 Å². The van der Waals surface area contributed by atoms with Gasteiger partial charge in [0.15, 0.2) is 0 Å². The first-order valence-electron chi connectivity index (χ1n) is 4.50. The zero-order valence-electron chi connectivity index (χ0n) is 8.05. The normalized spacial score (nSPS) is 10.3. The zero-order chi connectivity index (χ0) is 9.68. The first-order valence-corrected chi connectivity index (χ1v) is 4.50. The highest BCUT2D eigenvalue weighted by Crippen LogP contribution is 1.95. The summed E-state index contributed by atoms with van der Waals surface area (Å²) in [6, 6.07) is 1.56. The van der Waals surface area contributed by atoms with Crippen molar-refractivity contribution in [1.82, 2.24) is 15.3 Å². The molecule has 1 aromatic rings. The Morgan fingerprint density at radius 3 is 3.00 bits per heavy atom. The molecule has 1 aromatic heterocycles. The van der Waals surface area contributed by atoms with Crippen LogP contribution in [0.1, 0.15) is 24.9 Å². The summed E-state index contributed by atoms with van der Waals surface area (Å²) in [5.74, 6) is 0.707. The van der Waals surface area contributed by atoms with E-state index >= 15 is 0 Å². The standard InChI is InChI=1S/C9H15N3O/c1-3-4-7-5-9(13)12-8(11-7)6-10-2/h5,10H,3-4,6H2,1-2H3,(H,11,12,13). The number of hydrogen-bond donors (Lipinski definition) is 2. The molecule has 4 nitrogen and oxygen atoms in total. The molecule has 1 rings (SSSR count). The largest absolute Gasteiger partial charge is 0.313 e. The van der Waals surface area contributed by atoms with Gasteiger partial charge in [-0.05, 0) is 13.5 Å². The molecule has 72 valence electrons. The third-order valence-corrected chi connectivity index (χ3v) is 1.69. The van der Waals surface area contributed by atoms with Crippen LogP contribution < -0.4 is 10.9 Å². The average Bonchev–Trinajstić information content (AvgIpc) is 2.04. The Morgan fingerprint density at radius 1 is 1.62 bits per heavy atom. The third-order valence-electron chi connectivity index (χ3n) is 1.69. The van der Waals surface area contributed by atoms with Crippen molar-refractivity contribution in [3.8, 4) is 0 Å². The predicted octanol–water partition coefficient (Wildman–Crippen LogP) is 0.442. The fraction of sp³-hybridized carbons (Fsp3) is 0.556. The van der Waals surface area contributed by atoms with Crippen LogP contribution in [0.15, 0.2) is 10.9 Å². The van der Waals surface area contributed by atoms with E-state index in [9.17, 15) is 4.79 Å². The molecular weight excluding hydrogens is 166 g/mol. The van der Waals surface area contributed by atoms with Crippen molar-refractivity contribution in [2.75, 3.05) is 7.05 Å². The molecule has 2 N–H and O–H groups in total. The van der Waals surface area contributed by atoms with Crippen LogP contribution in [0.3, 0.4) is 0 Å². The summed E-state index contributed by atoms with van der Waals surface area (Å²) in [5.41, 5.74) is 0.806. The molecule has 0 spiro atoms. The van der Waals surface area contributed by atoms with Gasteiger partial charge in [0, 0.05) is 11.8 Å². The van der Waals surface area contributed by atoms with Crippen LogP contribution in [-0.2, 0) is 13.0 Å². The lowest BCUT2D eigenvalue weighted by atomic mass is 10.2. The molecule has 4 heteroatoms. The van der Waals surface area contributed by atoms with Crippen molar-refractivity contribution in [3.05, 3.63) is 27.9 Å². The molecule has 0 atom stereocenters. The SMILES string of the molecule is CCCc1cc(=O)[nH]c(CNC)n1. The van der Waals surface area contributed by atoms with Gasteiger partial charge in [0.1, 0.15) is 5.82 Å². The Bertz CT molecular complexity index is 292. The molecular formula is C9H15N3O. The molecule has 0 aliphatic rings. The van der Waals surface area contributed by atoms with E-state index in [-0.39, 0.29) is 5.56 Å². The van der Waals surface area contributed by atoms with Gasteiger partial charge in [-0.15, -0.1) is 0 Å². The second-order valence-corrected chi connectivity index (χ2v) is 2.96. The van der Waals surface area contributed by atoms with Gasteiger partial charge in [-0.25, -0.2) is 4.98 Å². The van der Waals surface area contributed by atoms with Crippen molar-refractivity contribution < 1.29 is 0 Å². The van der Waals surface area contributed by atoms with Gasteiger partial charge in [0.25, 0.3) is 5.56 Å². The van der Waals surface area contributed by atoms with Crippen LogP contribution >= 0.6 is 0 Å². The maximum atomic E-state index is 11.1. The Hall–Kier alpha value is -1.16. The fourth-order valence-corrected chi connectivity index (χ4v) is 1.20. The van der Waals surface area contributed by atoms with Crippen LogP contribution in [0.2, 0.25) is 0 Å². The molecule has 0 unspecified atom stereocenters. The van der Waals surface area contributed by atoms with E-state index in [2.05, 4.69) is 22.2 Å². The molecule has 1 heterocycles. The number of aryl methyl sites for hydroxylation is 1. The van der Waals surface area contributed by atoms with Gasteiger partial charge in [-0.3, -0.25) is 4.79 Å². The van der Waals surface area contributed by atoms with Crippen LogP contribution in [0, 0.1) is 0 Å². The number of hydrogen-bond acceptors (Lipinski definition) is 3. The third kappa shape index (κ3) is 2.99. The van der Waals surface area contributed by atoms with E-state index in [0.29, 0.717) is 12.4 Å². The molecule has 0 amide bonds. The van der Waals surface area contributed by atoms with E-state index in [1.54, 1.807) is 6.07 Å². The van der Waals surface area contributed by atoms with Gasteiger partial charge < -0.3 is 10.3 Å². The number of rotatable bonds is 4. The first kappa shape index (κ1) is 9.92. The number of H-pyrrole nitrogens is 1. The average molecular weight is 181 g/mol. The molecule has 0 aliphatic carbocycles. The van der Waals surface area contributed by atoms with E-state index in [1.807, 2.05) is 7.05 Å². The minimum atomic E-state index is -0.0660. The van der Waals surface area contributed by atoms with Gasteiger partial charge in [-0.1, -0.05) is 13.3 Å². The molecule has 0 aliphatic heterocycles. The highest BCUT2D eigenvalue weighted by atomic mass is 16.1. The monoisotopic (exact) mass is 181 g/mol. The van der Waals surface area contributed by atoms with Gasteiger partial charge in [-0.2, -0.15) is 0 Å². The number of nitrogens with zero attached hydrogens (tertiary/aromatic N) is 1. The summed E-state index contributed by atoms with van der Waals surface area (Å²) in [5, 5.41) is 2.95. The Morgan fingerprint density at radius 2 is 2.38 bits per heavy atom. The highest BCUT2D eigenvalue weighted by Gasteiger charge is 1.98. The second-order valence-electron chi connectivity index (χ2n) is 2.96. The molecule has 0 bridgehead atoms. The molecule has 0 fully saturated rings. The molecule has 0 saturated carbocycles. The second kappa shape index (κ2) is 4.77. The van der Waals surface area contributed by atoms with Gasteiger partial charge >= 0.3 is 0 Å². The minimum Gasteiger partial charge on any atom is -0.313 e. The molecule has 0 radical (unpaired) electrons. The quantitative estimate of drug-likeness (QED) is 0.708. The predicted molar refractivity (Wildman–Crippen MR) is 51.6 cm³/mol. The van der Waals surface area contributed by atoms with Crippen molar-refractivity contribution in [1.29, 1.82) is 0 Å². The van der Waals surface area contributed by atoms with Gasteiger partial charge in [0.05, 0.1) is 6.54 Å².